The molecule has 0 saturated carbocycles. The lowest BCUT2D eigenvalue weighted by molar-refractivity contribution is -0.119. The predicted molar refractivity (Wildman–Crippen MR) is 80.1 cm³/mol. The first-order chi connectivity index (χ1) is 10.2. The number of nitrogens with one attached hydrogen (secondary N) is 1. The number of nitrogens with two attached hydrogens (primary N) is 1. The number of anilines is 1. The molecule has 0 spiro atoms. The fourth-order valence-electron chi connectivity index (χ4n) is 2.34. The Hall–Kier alpha value is -1.89. The quantitative estimate of drug-likeness (QED) is 0.766. The lowest BCUT2D eigenvalue weighted by atomic mass is 10.1. The number of hydrogen-bond donors (Lipinski definition) is 2. The number of hydrogen-bond acceptors (Lipinski definition) is 6. The monoisotopic (exact) mass is 293 g/mol. The third-order valence-electron chi connectivity index (χ3n) is 3.38. The van der Waals surface area contributed by atoms with E-state index in [1.165, 1.54) is 0 Å². The number of piperidine rings is 1. The zero-order valence-electron chi connectivity index (χ0n) is 12.4. The van der Waals surface area contributed by atoms with E-state index in [1.54, 1.807) is 12.3 Å². The Kier molecular flexibility index (Phi) is 5.74. The zero-order valence-corrected chi connectivity index (χ0v) is 12.4. The molecule has 2 rings (SSSR count). The molecule has 0 unspecified atom stereocenters. The summed E-state index contributed by atoms with van der Waals surface area (Å²) in [5.74, 6) is 0.919. The summed E-state index contributed by atoms with van der Waals surface area (Å²) in [6.07, 6.45) is 4.53. The molecule has 1 aliphatic rings. The molecule has 7 nitrogen and oxygen atoms in total. The van der Waals surface area contributed by atoms with Gasteiger partial charge < -0.3 is 15.8 Å². The lowest BCUT2D eigenvalue weighted by Crippen LogP contribution is -2.43. The van der Waals surface area contributed by atoms with Crippen LogP contribution in [0.5, 0.6) is 5.88 Å². The Labute approximate surface area is 124 Å². The highest BCUT2D eigenvalue weighted by atomic mass is 16.5. The van der Waals surface area contributed by atoms with E-state index in [2.05, 4.69) is 27.1 Å². The van der Waals surface area contributed by atoms with Crippen molar-refractivity contribution in [2.24, 2.45) is 5.73 Å². The highest BCUT2D eigenvalue weighted by molar-refractivity contribution is 5.75. The normalized spacial score (nSPS) is 16.6. The molecule has 0 aromatic carbocycles. The van der Waals surface area contributed by atoms with Gasteiger partial charge in [0.2, 0.25) is 17.7 Å². The summed E-state index contributed by atoms with van der Waals surface area (Å²) in [4.78, 5) is 21.5. The van der Waals surface area contributed by atoms with Gasteiger partial charge in [0.25, 0.3) is 0 Å². The van der Waals surface area contributed by atoms with Crippen molar-refractivity contribution in [3.63, 3.8) is 0 Å². The molecule has 3 N–H and O–H groups in total. The second kappa shape index (κ2) is 7.78. The standard InChI is InChI=1S/C14H23N5O2/c1-2-9-21-13-3-6-16-14(18-13)17-11-4-7-19(8-5-11)10-12(15)20/h3,6,11H,2,4-5,7-10H2,1H3,(H2,15,20)(H,16,17,18). The Morgan fingerprint density at radius 2 is 2.29 bits per heavy atom. The maximum atomic E-state index is 10.9. The van der Waals surface area contributed by atoms with Crippen molar-refractivity contribution in [1.29, 1.82) is 0 Å². The van der Waals surface area contributed by atoms with E-state index in [4.69, 9.17) is 10.5 Å². The van der Waals surface area contributed by atoms with Crippen LogP contribution in [-0.4, -0.2) is 53.1 Å². The summed E-state index contributed by atoms with van der Waals surface area (Å²) in [7, 11) is 0. The van der Waals surface area contributed by atoms with Crippen molar-refractivity contribution >= 4 is 11.9 Å². The minimum atomic E-state index is -0.273. The van der Waals surface area contributed by atoms with Gasteiger partial charge in [-0.1, -0.05) is 6.92 Å². The van der Waals surface area contributed by atoms with Crippen molar-refractivity contribution in [3.05, 3.63) is 12.3 Å². The van der Waals surface area contributed by atoms with Crippen molar-refractivity contribution in [1.82, 2.24) is 14.9 Å². The Morgan fingerprint density at radius 3 is 2.95 bits per heavy atom. The highest BCUT2D eigenvalue weighted by Gasteiger charge is 2.20. The van der Waals surface area contributed by atoms with Gasteiger partial charge in [-0.05, 0) is 19.3 Å². The first-order valence-electron chi connectivity index (χ1n) is 7.40. The molecule has 0 bridgehead atoms. The van der Waals surface area contributed by atoms with E-state index in [-0.39, 0.29) is 5.91 Å². The van der Waals surface area contributed by atoms with Crippen LogP contribution in [0.15, 0.2) is 12.3 Å². The predicted octanol–water partition coefficient (Wildman–Crippen LogP) is 0.627. The van der Waals surface area contributed by atoms with Crippen LogP contribution < -0.4 is 15.8 Å². The summed E-state index contributed by atoms with van der Waals surface area (Å²) >= 11 is 0. The molecule has 0 radical (unpaired) electrons. The zero-order chi connectivity index (χ0) is 15.1. The Balaban J connectivity index is 1.81. The minimum absolute atomic E-state index is 0.273. The van der Waals surface area contributed by atoms with Crippen molar-refractivity contribution in [3.8, 4) is 5.88 Å². The first-order valence-corrected chi connectivity index (χ1v) is 7.40. The summed E-state index contributed by atoms with van der Waals surface area (Å²) in [6, 6.07) is 2.08. The van der Waals surface area contributed by atoms with E-state index in [0.29, 0.717) is 31.0 Å². The van der Waals surface area contributed by atoms with Crippen LogP contribution >= 0.6 is 0 Å². The van der Waals surface area contributed by atoms with Crippen LogP contribution in [0.1, 0.15) is 26.2 Å². The highest BCUT2D eigenvalue weighted by Crippen LogP contribution is 2.15. The van der Waals surface area contributed by atoms with Crippen molar-refractivity contribution in [2.75, 3.05) is 31.6 Å². The SMILES string of the molecule is CCCOc1ccnc(NC2CCN(CC(N)=O)CC2)n1. The summed E-state index contributed by atoms with van der Waals surface area (Å²) in [5, 5.41) is 3.33. The van der Waals surface area contributed by atoms with Gasteiger partial charge in [-0.15, -0.1) is 0 Å². The molecule has 1 amide bonds. The van der Waals surface area contributed by atoms with Gasteiger partial charge >= 0.3 is 0 Å². The van der Waals surface area contributed by atoms with Crippen molar-refractivity contribution < 1.29 is 9.53 Å². The minimum Gasteiger partial charge on any atom is -0.478 e. The maximum Gasteiger partial charge on any atom is 0.231 e. The number of aromatic nitrogens is 2. The van der Waals surface area contributed by atoms with E-state index in [0.717, 1.165) is 32.4 Å². The molecule has 116 valence electrons. The second-order valence-corrected chi connectivity index (χ2v) is 5.23. The van der Waals surface area contributed by atoms with E-state index < -0.39 is 0 Å². The fourth-order valence-corrected chi connectivity index (χ4v) is 2.34. The maximum absolute atomic E-state index is 10.9. The molecule has 1 saturated heterocycles. The molecule has 1 aromatic rings. The molecule has 2 heterocycles. The molecule has 7 heteroatoms. The number of primary amides is 1. The molecular weight excluding hydrogens is 270 g/mol. The number of ether oxygens (including phenoxy) is 1. The second-order valence-electron chi connectivity index (χ2n) is 5.23. The molecule has 1 fully saturated rings. The van der Waals surface area contributed by atoms with Crippen LogP contribution in [0.3, 0.4) is 0 Å². The molecule has 0 aliphatic carbocycles. The van der Waals surface area contributed by atoms with E-state index in [1.807, 2.05) is 0 Å². The molecule has 1 aromatic heterocycles. The number of likely N-dealkylation sites (tertiary alicyclic amines) is 1. The first kappa shape index (κ1) is 15.5. The third kappa shape index (κ3) is 5.18. The average molecular weight is 293 g/mol. The summed E-state index contributed by atoms with van der Waals surface area (Å²) < 4.78 is 5.50. The topological polar surface area (TPSA) is 93.4 Å². The average Bonchev–Trinajstić information content (AvgIpc) is 2.47. The van der Waals surface area contributed by atoms with Gasteiger partial charge in [0, 0.05) is 31.4 Å². The number of carbonyl (C=O) groups excluding carboxylic acids is 1. The summed E-state index contributed by atoms with van der Waals surface area (Å²) in [6.45, 7) is 4.75. The van der Waals surface area contributed by atoms with E-state index >= 15 is 0 Å². The van der Waals surface area contributed by atoms with Gasteiger partial charge in [0.15, 0.2) is 0 Å². The third-order valence-corrected chi connectivity index (χ3v) is 3.38. The van der Waals surface area contributed by atoms with Crippen LogP contribution in [0.25, 0.3) is 0 Å². The number of rotatable bonds is 7. The summed E-state index contributed by atoms with van der Waals surface area (Å²) in [5.41, 5.74) is 5.21. The van der Waals surface area contributed by atoms with Crippen LogP contribution in [-0.2, 0) is 4.79 Å². The Morgan fingerprint density at radius 1 is 1.52 bits per heavy atom. The van der Waals surface area contributed by atoms with Gasteiger partial charge in [-0.25, -0.2) is 4.98 Å². The van der Waals surface area contributed by atoms with E-state index in [9.17, 15) is 4.79 Å². The largest absolute Gasteiger partial charge is 0.478 e. The Bertz CT molecular complexity index is 460. The molecular formula is C14H23N5O2. The van der Waals surface area contributed by atoms with Crippen LogP contribution in [0, 0.1) is 0 Å². The number of nitrogens with zero attached hydrogens (tertiary/aromatic N) is 3. The fraction of sp³-hybridized carbons (Fsp3) is 0.643. The van der Waals surface area contributed by atoms with Gasteiger partial charge in [0.05, 0.1) is 13.2 Å². The van der Waals surface area contributed by atoms with Gasteiger partial charge in [-0.2, -0.15) is 4.98 Å². The van der Waals surface area contributed by atoms with Crippen LogP contribution in [0.2, 0.25) is 0 Å². The molecule has 0 atom stereocenters. The lowest BCUT2D eigenvalue weighted by Gasteiger charge is -2.31. The number of amides is 1. The number of carbonyl (C=O) groups is 1. The van der Waals surface area contributed by atoms with Gasteiger partial charge in [0.1, 0.15) is 0 Å². The molecule has 21 heavy (non-hydrogen) atoms. The molecule has 1 aliphatic heterocycles. The smallest absolute Gasteiger partial charge is 0.231 e. The van der Waals surface area contributed by atoms with Gasteiger partial charge in [-0.3, -0.25) is 9.69 Å². The van der Waals surface area contributed by atoms with Crippen molar-refractivity contribution in [2.45, 2.75) is 32.2 Å². The van der Waals surface area contributed by atoms with Crippen LogP contribution in [0.4, 0.5) is 5.95 Å².